The fraction of sp³-hybridized carbons (Fsp3) is 0.500. The number of likely N-dealkylation sites (tertiary alicyclic amines) is 1. The second-order valence-corrected chi connectivity index (χ2v) is 6.49. The van der Waals surface area contributed by atoms with Crippen molar-refractivity contribution in [2.45, 2.75) is 32.7 Å². The molecule has 1 aliphatic rings. The minimum absolute atomic E-state index is 0.00257. The molecule has 1 saturated heterocycles. The molecule has 1 N–H and O–H groups in total. The van der Waals surface area contributed by atoms with Gasteiger partial charge in [-0.1, -0.05) is 19.1 Å². The smallest absolute Gasteiger partial charge is 0.276 e. The van der Waals surface area contributed by atoms with Crippen LogP contribution < -0.4 is 5.32 Å². The average molecular weight is 331 g/mol. The lowest BCUT2D eigenvalue weighted by Gasteiger charge is -2.35. The third kappa shape index (κ3) is 5.16. The maximum atomic E-state index is 12.0. The number of nitrogens with one attached hydrogen (secondary N) is 1. The van der Waals surface area contributed by atoms with E-state index in [2.05, 4.69) is 24.1 Å². The SMILES string of the molecule is CC1CCCN(C(C)CNC(=O)/C=C/c2ccccc2[N+](=O)[O-])C1. The Hall–Kier alpha value is -2.21. The van der Waals surface area contributed by atoms with Crippen molar-refractivity contribution >= 4 is 17.7 Å². The Bertz CT molecular complexity index is 615. The molecule has 2 rings (SSSR count). The molecule has 6 heteroatoms. The van der Waals surface area contributed by atoms with Crippen LogP contribution in [0.4, 0.5) is 5.69 Å². The van der Waals surface area contributed by atoms with Gasteiger partial charge in [0, 0.05) is 31.3 Å². The molecule has 2 atom stereocenters. The first kappa shape index (κ1) is 18.1. The summed E-state index contributed by atoms with van der Waals surface area (Å²) in [4.78, 5) is 24.9. The molecule has 0 aliphatic carbocycles. The summed E-state index contributed by atoms with van der Waals surface area (Å²) in [6.07, 6.45) is 5.32. The number of carbonyl (C=O) groups is 1. The summed E-state index contributed by atoms with van der Waals surface area (Å²) in [5.41, 5.74) is 0.424. The number of nitrogens with zero attached hydrogens (tertiary/aromatic N) is 2. The third-order valence-corrected chi connectivity index (χ3v) is 4.43. The number of hydrogen-bond donors (Lipinski definition) is 1. The van der Waals surface area contributed by atoms with Gasteiger partial charge in [0.1, 0.15) is 0 Å². The standard InChI is InChI=1S/C18H25N3O3/c1-14-6-5-11-20(13-14)15(2)12-19-18(22)10-9-16-7-3-4-8-17(16)21(23)24/h3-4,7-10,14-15H,5-6,11-13H2,1-2H3,(H,19,22)/b10-9+. The van der Waals surface area contributed by atoms with Crippen LogP contribution in [0.1, 0.15) is 32.3 Å². The summed E-state index contributed by atoms with van der Waals surface area (Å²) in [6, 6.07) is 6.66. The van der Waals surface area contributed by atoms with E-state index in [9.17, 15) is 14.9 Å². The van der Waals surface area contributed by atoms with Crippen LogP contribution in [-0.4, -0.2) is 41.4 Å². The largest absolute Gasteiger partial charge is 0.351 e. The molecular weight excluding hydrogens is 306 g/mol. The molecule has 1 amide bonds. The van der Waals surface area contributed by atoms with Crippen molar-refractivity contribution in [1.29, 1.82) is 0 Å². The number of hydrogen-bond acceptors (Lipinski definition) is 4. The number of nitro groups is 1. The van der Waals surface area contributed by atoms with Gasteiger partial charge in [-0.25, -0.2) is 0 Å². The first-order valence-corrected chi connectivity index (χ1v) is 8.40. The normalized spacial score (nSPS) is 20.0. The number of piperidine rings is 1. The second-order valence-electron chi connectivity index (χ2n) is 6.49. The van der Waals surface area contributed by atoms with Crippen LogP contribution in [0.2, 0.25) is 0 Å². The number of para-hydroxylation sites is 1. The summed E-state index contributed by atoms with van der Waals surface area (Å²) in [5, 5.41) is 13.8. The predicted octanol–water partition coefficient (Wildman–Crippen LogP) is 2.84. The van der Waals surface area contributed by atoms with E-state index in [4.69, 9.17) is 0 Å². The summed E-state index contributed by atoms with van der Waals surface area (Å²) >= 11 is 0. The highest BCUT2D eigenvalue weighted by Crippen LogP contribution is 2.19. The lowest BCUT2D eigenvalue weighted by atomic mass is 9.99. The van der Waals surface area contributed by atoms with Gasteiger partial charge in [0.15, 0.2) is 0 Å². The molecule has 1 aromatic carbocycles. The molecule has 1 heterocycles. The quantitative estimate of drug-likeness (QED) is 0.494. The van der Waals surface area contributed by atoms with Crippen molar-refractivity contribution in [3.05, 3.63) is 46.0 Å². The highest BCUT2D eigenvalue weighted by Gasteiger charge is 2.20. The maximum Gasteiger partial charge on any atom is 0.276 e. The molecule has 1 fully saturated rings. The van der Waals surface area contributed by atoms with Gasteiger partial charge in [-0.15, -0.1) is 0 Å². The Morgan fingerprint density at radius 2 is 2.25 bits per heavy atom. The molecule has 130 valence electrons. The predicted molar refractivity (Wildman–Crippen MR) is 94.6 cm³/mol. The van der Waals surface area contributed by atoms with Crippen LogP contribution >= 0.6 is 0 Å². The molecule has 0 spiro atoms. The number of benzene rings is 1. The Morgan fingerprint density at radius 3 is 2.96 bits per heavy atom. The van der Waals surface area contributed by atoms with E-state index >= 15 is 0 Å². The zero-order chi connectivity index (χ0) is 17.5. The monoisotopic (exact) mass is 331 g/mol. The van der Waals surface area contributed by atoms with E-state index in [1.54, 1.807) is 18.2 Å². The number of nitro benzene ring substituents is 1. The van der Waals surface area contributed by atoms with Crippen LogP contribution in [0.5, 0.6) is 0 Å². The molecule has 0 saturated carbocycles. The highest BCUT2D eigenvalue weighted by molar-refractivity contribution is 5.92. The first-order chi connectivity index (χ1) is 11.5. The van der Waals surface area contributed by atoms with Gasteiger partial charge in [-0.2, -0.15) is 0 Å². The Labute approximate surface area is 142 Å². The average Bonchev–Trinajstić information content (AvgIpc) is 2.58. The molecule has 0 radical (unpaired) electrons. The van der Waals surface area contributed by atoms with Gasteiger partial charge in [-0.05, 0) is 44.4 Å². The van der Waals surface area contributed by atoms with Crippen molar-refractivity contribution < 1.29 is 9.72 Å². The van der Waals surface area contributed by atoms with Gasteiger partial charge in [0.25, 0.3) is 5.69 Å². The van der Waals surface area contributed by atoms with Gasteiger partial charge in [-0.3, -0.25) is 19.8 Å². The minimum Gasteiger partial charge on any atom is -0.351 e. The number of carbonyl (C=O) groups excluding carboxylic acids is 1. The van der Waals surface area contributed by atoms with Gasteiger partial charge in [0.2, 0.25) is 5.91 Å². The van der Waals surface area contributed by atoms with Gasteiger partial charge in [0.05, 0.1) is 10.5 Å². The van der Waals surface area contributed by atoms with E-state index in [0.29, 0.717) is 18.0 Å². The first-order valence-electron chi connectivity index (χ1n) is 8.40. The molecule has 1 aromatic rings. The molecule has 24 heavy (non-hydrogen) atoms. The summed E-state index contributed by atoms with van der Waals surface area (Å²) < 4.78 is 0. The lowest BCUT2D eigenvalue weighted by Crippen LogP contribution is -2.46. The molecule has 0 bridgehead atoms. The molecular formula is C18H25N3O3. The van der Waals surface area contributed by atoms with E-state index in [-0.39, 0.29) is 17.6 Å². The van der Waals surface area contributed by atoms with Crippen molar-refractivity contribution in [2.24, 2.45) is 5.92 Å². The Kier molecular flexibility index (Phi) is 6.49. The van der Waals surface area contributed by atoms with Crippen LogP contribution in [-0.2, 0) is 4.79 Å². The van der Waals surface area contributed by atoms with Crippen molar-refractivity contribution in [3.63, 3.8) is 0 Å². The Morgan fingerprint density at radius 1 is 1.50 bits per heavy atom. The number of rotatable bonds is 6. The zero-order valence-corrected chi connectivity index (χ0v) is 14.3. The van der Waals surface area contributed by atoms with Gasteiger partial charge < -0.3 is 5.32 Å². The second kappa shape index (κ2) is 8.59. The Balaban J connectivity index is 1.86. The topological polar surface area (TPSA) is 75.5 Å². The van der Waals surface area contributed by atoms with Crippen molar-refractivity contribution in [1.82, 2.24) is 10.2 Å². The maximum absolute atomic E-state index is 12.0. The molecule has 6 nitrogen and oxygen atoms in total. The van der Waals surface area contributed by atoms with Crippen LogP contribution in [0.15, 0.2) is 30.3 Å². The van der Waals surface area contributed by atoms with Crippen LogP contribution in [0, 0.1) is 16.0 Å². The lowest BCUT2D eigenvalue weighted by molar-refractivity contribution is -0.385. The van der Waals surface area contributed by atoms with E-state index in [1.165, 1.54) is 31.1 Å². The van der Waals surface area contributed by atoms with Crippen LogP contribution in [0.3, 0.4) is 0 Å². The van der Waals surface area contributed by atoms with Crippen LogP contribution in [0.25, 0.3) is 6.08 Å². The molecule has 2 unspecified atom stereocenters. The molecule has 0 aromatic heterocycles. The summed E-state index contributed by atoms with van der Waals surface area (Å²) in [6.45, 7) is 7.10. The zero-order valence-electron chi connectivity index (χ0n) is 14.3. The summed E-state index contributed by atoms with van der Waals surface area (Å²) in [5.74, 6) is 0.473. The van der Waals surface area contributed by atoms with E-state index in [0.717, 1.165) is 13.1 Å². The third-order valence-electron chi connectivity index (χ3n) is 4.43. The molecule has 1 aliphatic heterocycles. The fourth-order valence-corrected chi connectivity index (χ4v) is 3.02. The fourth-order valence-electron chi connectivity index (χ4n) is 3.02. The summed E-state index contributed by atoms with van der Waals surface area (Å²) in [7, 11) is 0. The van der Waals surface area contributed by atoms with Gasteiger partial charge >= 0.3 is 0 Å². The minimum atomic E-state index is -0.447. The van der Waals surface area contributed by atoms with E-state index in [1.807, 2.05) is 0 Å². The van der Waals surface area contributed by atoms with E-state index < -0.39 is 4.92 Å². The van der Waals surface area contributed by atoms with Crippen molar-refractivity contribution in [3.8, 4) is 0 Å². The highest BCUT2D eigenvalue weighted by atomic mass is 16.6. The van der Waals surface area contributed by atoms with Crippen molar-refractivity contribution in [2.75, 3.05) is 19.6 Å². The number of amides is 1.